The molecule has 5 nitrogen and oxygen atoms in total. The maximum Gasteiger partial charge on any atom is 0.259 e. The van der Waals surface area contributed by atoms with Crippen LogP contribution in [0.5, 0.6) is 5.75 Å². The molecule has 0 radical (unpaired) electrons. The van der Waals surface area contributed by atoms with Crippen molar-refractivity contribution < 1.29 is 9.53 Å². The summed E-state index contributed by atoms with van der Waals surface area (Å²) < 4.78 is 5.67. The molecule has 2 N–H and O–H groups in total. The first-order valence-corrected chi connectivity index (χ1v) is 8.76. The lowest BCUT2D eigenvalue weighted by atomic mass is 10.1. The second-order valence-electron chi connectivity index (χ2n) is 5.68. The average molecular weight is 357 g/mol. The number of carbonyl (C=O) groups is 1. The first-order chi connectivity index (χ1) is 12.1. The Balaban J connectivity index is 1.84. The number of aromatic nitrogens is 1. The lowest BCUT2D eigenvalue weighted by Gasteiger charge is -2.11. The monoisotopic (exact) mass is 357 g/mol. The molecule has 6 heteroatoms. The third-order valence-electron chi connectivity index (χ3n) is 3.64. The first kappa shape index (κ1) is 18.9. The Labute approximate surface area is 153 Å². The number of nitrogens with zero attached hydrogens (tertiary/aromatic N) is 1. The Hall–Kier alpha value is -2.47. The molecule has 0 spiro atoms. The molecule has 0 aliphatic carbocycles. The number of unbranched alkanes of at least 4 members (excludes halogenated alkanes) is 2. The van der Waals surface area contributed by atoms with Gasteiger partial charge in [-0.25, -0.2) is 0 Å². The Kier molecular flexibility index (Phi) is 7.35. The summed E-state index contributed by atoms with van der Waals surface area (Å²) in [6.07, 6.45) is 6.57. The molecular weight excluding hydrogens is 334 g/mol. The van der Waals surface area contributed by atoms with Crippen molar-refractivity contribution in [2.24, 2.45) is 0 Å². The Morgan fingerprint density at radius 3 is 2.64 bits per heavy atom. The number of pyridine rings is 1. The van der Waals surface area contributed by atoms with Crippen molar-refractivity contribution in [3.05, 3.63) is 53.9 Å². The fourth-order valence-electron chi connectivity index (χ4n) is 2.21. The van der Waals surface area contributed by atoms with Gasteiger partial charge in [-0.1, -0.05) is 19.8 Å². The van der Waals surface area contributed by atoms with E-state index in [-0.39, 0.29) is 11.0 Å². The van der Waals surface area contributed by atoms with Crippen LogP contribution in [0.15, 0.2) is 42.7 Å². The van der Waals surface area contributed by atoms with Gasteiger partial charge in [-0.2, -0.15) is 0 Å². The van der Waals surface area contributed by atoms with Gasteiger partial charge in [0.15, 0.2) is 5.11 Å². The highest BCUT2D eigenvalue weighted by molar-refractivity contribution is 7.80. The predicted molar refractivity (Wildman–Crippen MR) is 104 cm³/mol. The number of ether oxygens (including phenoxy) is 1. The van der Waals surface area contributed by atoms with Crippen LogP contribution in [0.25, 0.3) is 0 Å². The van der Waals surface area contributed by atoms with Crippen molar-refractivity contribution in [3.63, 3.8) is 0 Å². The lowest BCUT2D eigenvalue weighted by Crippen LogP contribution is -2.34. The van der Waals surface area contributed by atoms with Crippen LogP contribution in [0.4, 0.5) is 5.69 Å². The van der Waals surface area contributed by atoms with Gasteiger partial charge in [0, 0.05) is 18.1 Å². The zero-order valence-electron chi connectivity index (χ0n) is 14.5. The molecule has 0 atom stereocenters. The molecule has 2 aromatic rings. The number of hydrogen-bond donors (Lipinski definition) is 2. The van der Waals surface area contributed by atoms with E-state index >= 15 is 0 Å². The molecule has 2 rings (SSSR count). The molecule has 1 aromatic heterocycles. The maximum atomic E-state index is 12.2. The molecule has 0 fully saturated rings. The zero-order chi connectivity index (χ0) is 18.1. The SMILES string of the molecule is CCCCCOc1ccc(NC(=S)NC(=O)c2cnccc2C)cc1. The fourth-order valence-corrected chi connectivity index (χ4v) is 2.42. The van der Waals surface area contributed by atoms with E-state index in [0.717, 1.165) is 30.0 Å². The summed E-state index contributed by atoms with van der Waals surface area (Å²) in [4.78, 5) is 16.2. The standard InChI is InChI=1S/C19H23N3O2S/c1-3-4-5-12-24-16-8-6-15(7-9-16)21-19(25)22-18(23)17-13-20-11-10-14(17)2/h6-11,13H,3-5,12H2,1-2H3,(H2,21,22,23,25). The summed E-state index contributed by atoms with van der Waals surface area (Å²) in [5.41, 5.74) is 2.14. The van der Waals surface area contributed by atoms with Crippen LogP contribution in [-0.2, 0) is 0 Å². The molecule has 1 aromatic carbocycles. The van der Waals surface area contributed by atoms with Gasteiger partial charge in [0.05, 0.1) is 12.2 Å². The van der Waals surface area contributed by atoms with Crippen molar-refractivity contribution in [3.8, 4) is 5.75 Å². The van der Waals surface area contributed by atoms with E-state index in [1.807, 2.05) is 31.2 Å². The van der Waals surface area contributed by atoms with E-state index in [0.29, 0.717) is 5.56 Å². The van der Waals surface area contributed by atoms with Crippen LogP contribution in [0.1, 0.15) is 42.1 Å². The van der Waals surface area contributed by atoms with Gasteiger partial charge in [-0.3, -0.25) is 15.1 Å². The van der Waals surface area contributed by atoms with E-state index in [1.165, 1.54) is 19.0 Å². The predicted octanol–water partition coefficient (Wildman–Crippen LogP) is 4.09. The molecule has 132 valence electrons. The summed E-state index contributed by atoms with van der Waals surface area (Å²) in [5, 5.41) is 5.89. The molecule has 0 aliphatic rings. The Morgan fingerprint density at radius 1 is 1.20 bits per heavy atom. The first-order valence-electron chi connectivity index (χ1n) is 8.36. The number of carbonyl (C=O) groups excluding carboxylic acids is 1. The molecule has 0 saturated heterocycles. The molecule has 1 heterocycles. The molecule has 1 amide bonds. The van der Waals surface area contributed by atoms with E-state index in [4.69, 9.17) is 17.0 Å². The number of anilines is 1. The number of thiocarbonyl (C=S) groups is 1. The Bertz CT molecular complexity index is 717. The molecule has 0 aliphatic heterocycles. The number of nitrogens with one attached hydrogen (secondary N) is 2. The van der Waals surface area contributed by atoms with E-state index in [2.05, 4.69) is 22.5 Å². The molecule has 0 bridgehead atoms. The topological polar surface area (TPSA) is 63.2 Å². The van der Waals surface area contributed by atoms with Crippen LogP contribution in [0.2, 0.25) is 0 Å². The van der Waals surface area contributed by atoms with Crippen molar-refractivity contribution in [2.75, 3.05) is 11.9 Å². The summed E-state index contributed by atoms with van der Waals surface area (Å²) >= 11 is 5.19. The van der Waals surface area contributed by atoms with Crippen LogP contribution >= 0.6 is 12.2 Å². The second kappa shape index (κ2) is 9.74. The lowest BCUT2D eigenvalue weighted by molar-refractivity contribution is 0.0977. The van der Waals surface area contributed by atoms with Crippen LogP contribution < -0.4 is 15.4 Å². The van der Waals surface area contributed by atoms with Gasteiger partial charge in [0.1, 0.15) is 5.75 Å². The van der Waals surface area contributed by atoms with E-state index in [9.17, 15) is 4.79 Å². The minimum absolute atomic E-state index is 0.241. The zero-order valence-corrected chi connectivity index (χ0v) is 15.4. The number of hydrogen-bond acceptors (Lipinski definition) is 4. The quantitative estimate of drug-likeness (QED) is 0.577. The van der Waals surface area contributed by atoms with Crippen LogP contribution in [0.3, 0.4) is 0 Å². The third-order valence-corrected chi connectivity index (χ3v) is 3.84. The normalized spacial score (nSPS) is 10.2. The van der Waals surface area contributed by atoms with Crippen molar-refractivity contribution in [1.82, 2.24) is 10.3 Å². The molecule has 25 heavy (non-hydrogen) atoms. The maximum absolute atomic E-state index is 12.2. The average Bonchev–Trinajstić information content (AvgIpc) is 2.60. The van der Waals surface area contributed by atoms with Crippen molar-refractivity contribution in [2.45, 2.75) is 33.1 Å². The van der Waals surface area contributed by atoms with Gasteiger partial charge >= 0.3 is 0 Å². The largest absolute Gasteiger partial charge is 0.494 e. The third kappa shape index (κ3) is 6.15. The highest BCUT2D eigenvalue weighted by atomic mass is 32.1. The van der Waals surface area contributed by atoms with Crippen molar-refractivity contribution >= 4 is 28.9 Å². The second-order valence-corrected chi connectivity index (χ2v) is 6.09. The van der Waals surface area contributed by atoms with Crippen LogP contribution in [-0.4, -0.2) is 22.6 Å². The summed E-state index contributed by atoms with van der Waals surface area (Å²) in [6.45, 7) is 4.74. The van der Waals surface area contributed by atoms with Gasteiger partial charge in [-0.05, 0) is 61.5 Å². The number of rotatable bonds is 7. The van der Waals surface area contributed by atoms with Gasteiger partial charge in [0.2, 0.25) is 0 Å². The number of amides is 1. The van der Waals surface area contributed by atoms with Gasteiger partial charge in [-0.15, -0.1) is 0 Å². The van der Waals surface area contributed by atoms with Crippen molar-refractivity contribution in [1.29, 1.82) is 0 Å². The molecular formula is C19H23N3O2S. The highest BCUT2D eigenvalue weighted by Gasteiger charge is 2.10. The summed E-state index contributed by atoms with van der Waals surface area (Å²) in [6, 6.07) is 9.27. The molecule has 0 unspecified atom stereocenters. The number of aryl methyl sites for hydroxylation is 1. The highest BCUT2D eigenvalue weighted by Crippen LogP contribution is 2.16. The smallest absolute Gasteiger partial charge is 0.259 e. The molecule has 0 saturated carbocycles. The summed E-state index contributed by atoms with van der Waals surface area (Å²) in [5.74, 6) is 0.543. The van der Waals surface area contributed by atoms with Crippen LogP contribution in [0, 0.1) is 6.92 Å². The minimum Gasteiger partial charge on any atom is -0.494 e. The Morgan fingerprint density at radius 2 is 1.96 bits per heavy atom. The number of benzene rings is 1. The van der Waals surface area contributed by atoms with Gasteiger partial charge < -0.3 is 10.1 Å². The van der Waals surface area contributed by atoms with E-state index in [1.54, 1.807) is 12.3 Å². The minimum atomic E-state index is -0.279. The fraction of sp³-hybridized carbons (Fsp3) is 0.316. The van der Waals surface area contributed by atoms with E-state index < -0.39 is 0 Å². The summed E-state index contributed by atoms with van der Waals surface area (Å²) in [7, 11) is 0. The van der Waals surface area contributed by atoms with Gasteiger partial charge in [0.25, 0.3) is 5.91 Å².